The Kier molecular flexibility index (Phi) is 5.22. The van der Waals surface area contributed by atoms with Gasteiger partial charge < -0.3 is 10.6 Å². The first-order valence-electron chi connectivity index (χ1n) is 6.43. The molecule has 2 aliphatic rings. The molecule has 1 amide bonds. The van der Waals surface area contributed by atoms with Crippen molar-refractivity contribution in [3.05, 3.63) is 0 Å². The number of nitrogens with two attached hydrogens (primary N) is 1. The van der Waals surface area contributed by atoms with Gasteiger partial charge in [-0.05, 0) is 32.7 Å². The van der Waals surface area contributed by atoms with E-state index in [-0.39, 0.29) is 24.4 Å². The molecule has 0 aromatic heterocycles. The van der Waals surface area contributed by atoms with Crippen molar-refractivity contribution in [3.63, 3.8) is 0 Å². The molecule has 2 heterocycles. The van der Waals surface area contributed by atoms with Crippen LogP contribution in [0, 0.1) is 0 Å². The van der Waals surface area contributed by atoms with E-state index in [0.29, 0.717) is 12.1 Å². The highest BCUT2D eigenvalue weighted by atomic mass is 35.5. The molecule has 2 aliphatic heterocycles. The van der Waals surface area contributed by atoms with Gasteiger partial charge in [-0.2, -0.15) is 0 Å². The lowest BCUT2D eigenvalue weighted by Crippen LogP contribution is -2.60. The minimum atomic E-state index is -0.359. The highest BCUT2D eigenvalue weighted by molar-refractivity contribution is 5.85. The first-order valence-corrected chi connectivity index (χ1v) is 6.43. The highest BCUT2D eigenvalue weighted by Crippen LogP contribution is 2.26. The molecule has 0 spiro atoms. The van der Waals surface area contributed by atoms with Crippen molar-refractivity contribution in [1.82, 2.24) is 9.80 Å². The van der Waals surface area contributed by atoms with E-state index < -0.39 is 0 Å². The number of carbonyl (C=O) groups is 1. The van der Waals surface area contributed by atoms with Gasteiger partial charge in [-0.15, -0.1) is 12.4 Å². The Morgan fingerprint density at radius 2 is 2.18 bits per heavy atom. The van der Waals surface area contributed by atoms with Gasteiger partial charge in [-0.1, -0.05) is 6.92 Å². The van der Waals surface area contributed by atoms with Gasteiger partial charge in [0.15, 0.2) is 0 Å². The summed E-state index contributed by atoms with van der Waals surface area (Å²) in [6.45, 7) is 7.08. The number of amides is 1. The van der Waals surface area contributed by atoms with Crippen LogP contribution >= 0.6 is 12.4 Å². The van der Waals surface area contributed by atoms with Gasteiger partial charge in [0.2, 0.25) is 5.91 Å². The van der Waals surface area contributed by atoms with Crippen molar-refractivity contribution in [3.8, 4) is 0 Å². The van der Waals surface area contributed by atoms with Gasteiger partial charge in [0.1, 0.15) is 0 Å². The molecule has 0 aromatic rings. The fourth-order valence-electron chi connectivity index (χ4n) is 2.97. The molecule has 4 nitrogen and oxygen atoms in total. The number of hydrogen-bond acceptors (Lipinski definition) is 3. The quantitative estimate of drug-likeness (QED) is 0.802. The zero-order valence-electron chi connectivity index (χ0n) is 10.8. The number of halogens is 1. The Hall–Kier alpha value is -0.320. The van der Waals surface area contributed by atoms with Crippen molar-refractivity contribution in [2.24, 2.45) is 5.73 Å². The highest BCUT2D eigenvalue weighted by Gasteiger charge is 2.38. The first kappa shape index (κ1) is 14.7. The first-order chi connectivity index (χ1) is 7.63. The lowest BCUT2D eigenvalue weighted by molar-refractivity contribution is -0.138. The average molecular weight is 262 g/mol. The summed E-state index contributed by atoms with van der Waals surface area (Å²) in [6, 6.07) is 0.598. The summed E-state index contributed by atoms with van der Waals surface area (Å²) in [7, 11) is 0. The Balaban J connectivity index is 0.00000144. The zero-order chi connectivity index (χ0) is 11.7. The maximum Gasteiger partial charge on any atom is 0.239 e. The van der Waals surface area contributed by atoms with Gasteiger partial charge >= 0.3 is 0 Å². The Labute approximate surface area is 110 Å². The fraction of sp³-hybridized carbons (Fsp3) is 0.917. The van der Waals surface area contributed by atoms with E-state index in [4.69, 9.17) is 5.73 Å². The second kappa shape index (κ2) is 6.03. The normalized spacial score (nSPS) is 30.6. The van der Waals surface area contributed by atoms with Crippen molar-refractivity contribution in [2.45, 2.75) is 51.2 Å². The molecule has 2 rings (SSSR count). The van der Waals surface area contributed by atoms with E-state index in [0.717, 1.165) is 19.5 Å². The maximum absolute atomic E-state index is 12.0. The van der Waals surface area contributed by atoms with Gasteiger partial charge in [0.05, 0.1) is 6.04 Å². The summed E-state index contributed by atoms with van der Waals surface area (Å²) < 4.78 is 0. The van der Waals surface area contributed by atoms with Crippen molar-refractivity contribution in [2.75, 3.05) is 19.6 Å². The summed E-state index contributed by atoms with van der Waals surface area (Å²) >= 11 is 0. The third-order valence-corrected chi connectivity index (χ3v) is 3.94. The monoisotopic (exact) mass is 261 g/mol. The average Bonchev–Trinajstić information content (AvgIpc) is 2.72. The molecule has 5 heteroatoms. The van der Waals surface area contributed by atoms with Gasteiger partial charge in [-0.25, -0.2) is 0 Å². The molecule has 0 bridgehead atoms. The molecule has 2 saturated heterocycles. The molecule has 2 unspecified atom stereocenters. The van der Waals surface area contributed by atoms with Crippen LogP contribution in [-0.4, -0.2) is 53.5 Å². The molecular weight excluding hydrogens is 238 g/mol. The number of nitrogens with zero attached hydrogens (tertiary/aromatic N) is 2. The fourth-order valence-corrected chi connectivity index (χ4v) is 2.97. The predicted octanol–water partition coefficient (Wildman–Crippen LogP) is 0.841. The van der Waals surface area contributed by atoms with Crippen LogP contribution in [0.2, 0.25) is 0 Å². The maximum atomic E-state index is 12.0. The van der Waals surface area contributed by atoms with E-state index in [9.17, 15) is 4.79 Å². The molecule has 0 radical (unpaired) electrons. The van der Waals surface area contributed by atoms with Gasteiger partial charge in [0, 0.05) is 25.2 Å². The largest absolute Gasteiger partial charge is 0.336 e. The van der Waals surface area contributed by atoms with Crippen molar-refractivity contribution < 1.29 is 4.79 Å². The summed E-state index contributed by atoms with van der Waals surface area (Å²) in [5.74, 6) is 0.124. The van der Waals surface area contributed by atoms with Crippen LogP contribution in [-0.2, 0) is 4.79 Å². The minimum Gasteiger partial charge on any atom is -0.336 e. The molecule has 3 atom stereocenters. The van der Waals surface area contributed by atoms with E-state index in [1.54, 1.807) is 6.92 Å². The Bertz CT molecular complexity index is 272. The van der Waals surface area contributed by atoms with Crippen molar-refractivity contribution >= 4 is 18.3 Å². The van der Waals surface area contributed by atoms with Crippen molar-refractivity contribution in [1.29, 1.82) is 0 Å². The van der Waals surface area contributed by atoms with E-state index in [1.165, 1.54) is 19.4 Å². The summed E-state index contributed by atoms with van der Waals surface area (Å²) in [4.78, 5) is 16.6. The van der Waals surface area contributed by atoms with Crippen LogP contribution in [0.15, 0.2) is 0 Å². The second-order valence-electron chi connectivity index (χ2n) is 5.13. The van der Waals surface area contributed by atoms with Crippen LogP contribution in [0.25, 0.3) is 0 Å². The number of rotatable bonds is 2. The lowest BCUT2D eigenvalue weighted by atomic mass is 10.0. The van der Waals surface area contributed by atoms with Crippen LogP contribution < -0.4 is 5.73 Å². The Morgan fingerprint density at radius 1 is 1.47 bits per heavy atom. The number of carbonyl (C=O) groups excluding carboxylic acids is 1. The summed E-state index contributed by atoms with van der Waals surface area (Å²) in [5.41, 5.74) is 5.72. The summed E-state index contributed by atoms with van der Waals surface area (Å²) in [6.07, 6.45) is 3.54. The number of hydrogen-bond donors (Lipinski definition) is 1. The molecule has 100 valence electrons. The molecule has 0 saturated carbocycles. The topological polar surface area (TPSA) is 49.6 Å². The van der Waals surface area contributed by atoms with Crippen LogP contribution in [0.3, 0.4) is 0 Å². The van der Waals surface area contributed by atoms with Crippen LogP contribution in [0.4, 0.5) is 0 Å². The molecule has 0 aromatic carbocycles. The number of piperazine rings is 1. The van der Waals surface area contributed by atoms with Crippen LogP contribution in [0.5, 0.6) is 0 Å². The molecule has 17 heavy (non-hydrogen) atoms. The van der Waals surface area contributed by atoms with E-state index >= 15 is 0 Å². The predicted molar refractivity (Wildman–Crippen MR) is 71.3 cm³/mol. The molecule has 2 fully saturated rings. The van der Waals surface area contributed by atoms with Crippen LogP contribution in [0.1, 0.15) is 33.1 Å². The molecule has 2 N–H and O–H groups in total. The molecule has 0 aliphatic carbocycles. The number of fused-ring (bicyclic) bond motifs is 1. The summed E-state index contributed by atoms with van der Waals surface area (Å²) in [5, 5.41) is 0. The standard InChI is InChI=1S/C12H23N3O.ClH/c1-3-10-7-14-6-4-5-11(14)8-15(10)12(16)9(2)13;/h9-11H,3-8,13H2,1-2H3;1H/t9-,10?,11?;/m1./s1. The second-order valence-corrected chi connectivity index (χ2v) is 5.13. The van der Waals surface area contributed by atoms with E-state index in [2.05, 4.69) is 11.8 Å². The van der Waals surface area contributed by atoms with Gasteiger partial charge in [-0.3, -0.25) is 9.69 Å². The lowest BCUT2D eigenvalue weighted by Gasteiger charge is -2.44. The minimum absolute atomic E-state index is 0. The molecular formula is C12H24ClN3O. The third-order valence-electron chi connectivity index (χ3n) is 3.94. The third kappa shape index (κ3) is 2.92. The van der Waals surface area contributed by atoms with E-state index in [1.807, 2.05) is 4.90 Å². The van der Waals surface area contributed by atoms with Gasteiger partial charge in [0.25, 0.3) is 0 Å². The Morgan fingerprint density at radius 3 is 2.76 bits per heavy atom. The SMILES string of the molecule is CCC1CN2CCCC2CN1C(=O)[C@@H](C)N.Cl. The zero-order valence-corrected chi connectivity index (χ0v) is 11.6. The smallest absolute Gasteiger partial charge is 0.239 e.